The molecule has 0 fully saturated rings. The van der Waals surface area contributed by atoms with Crippen molar-refractivity contribution in [2.45, 2.75) is 11.8 Å². The van der Waals surface area contributed by atoms with Gasteiger partial charge in [0.2, 0.25) is 5.91 Å². The molecule has 1 amide bonds. The van der Waals surface area contributed by atoms with Crippen LogP contribution in [0.4, 0.5) is 0 Å². The highest BCUT2D eigenvalue weighted by atomic mass is 32.2. The number of sulfone groups is 1. The molecular weight excluding hydrogens is 202 g/mol. The molecule has 1 aromatic rings. The molecule has 14 heavy (non-hydrogen) atoms. The fourth-order valence-electron chi connectivity index (χ4n) is 0.993. The molecule has 0 saturated carbocycles. The Bertz CT molecular complexity index is 434. The van der Waals surface area contributed by atoms with E-state index in [4.69, 9.17) is 5.73 Å². The summed E-state index contributed by atoms with van der Waals surface area (Å²) in [5.41, 5.74) is 5.32. The van der Waals surface area contributed by atoms with Gasteiger partial charge in [0.1, 0.15) is 0 Å². The van der Waals surface area contributed by atoms with E-state index < -0.39 is 15.7 Å². The molecule has 0 saturated heterocycles. The van der Waals surface area contributed by atoms with Gasteiger partial charge in [-0.3, -0.25) is 4.79 Å². The lowest BCUT2D eigenvalue weighted by Crippen LogP contribution is -2.11. The van der Waals surface area contributed by atoms with Gasteiger partial charge in [-0.05, 0) is 24.3 Å². The molecule has 0 aliphatic rings. The van der Waals surface area contributed by atoms with Crippen LogP contribution < -0.4 is 5.73 Å². The van der Waals surface area contributed by atoms with Crippen LogP contribution in [0.2, 0.25) is 0 Å². The van der Waals surface area contributed by atoms with E-state index in [1.165, 1.54) is 24.3 Å². The highest BCUT2D eigenvalue weighted by molar-refractivity contribution is 7.91. The molecule has 76 valence electrons. The van der Waals surface area contributed by atoms with Crippen LogP contribution in [0.5, 0.6) is 0 Å². The van der Waals surface area contributed by atoms with Crippen LogP contribution in [0.1, 0.15) is 17.3 Å². The second-order valence-corrected chi connectivity index (χ2v) is 5.07. The third-order valence-corrected chi connectivity index (χ3v) is 3.63. The molecule has 5 heteroatoms. The molecule has 1 aromatic carbocycles. The third-order valence-electron chi connectivity index (χ3n) is 1.88. The first kappa shape index (κ1) is 10.7. The van der Waals surface area contributed by atoms with Crippen molar-refractivity contribution in [1.29, 1.82) is 0 Å². The van der Waals surface area contributed by atoms with Gasteiger partial charge in [-0.2, -0.15) is 0 Å². The summed E-state index contributed by atoms with van der Waals surface area (Å²) < 4.78 is 22.7. The van der Waals surface area contributed by atoms with E-state index in [-0.39, 0.29) is 10.6 Å². The van der Waals surface area contributed by atoms with E-state index in [2.05, 4.69) is 0 Å². The summed E-state index contributed by atoms with van der Waals surface area (Å²) in [4.78, 5) is 10.9. The summed E-state index contributed by atoms with van der Waals surface area (Å²) in [6, 6.07) is 5.59. The molecule has 1 rings (SSSR count). The second-order valence-electron chi connectivity index (χ2n) is 2.79. The molecule has 0 spiro atoms. The molecule has 4 nitrogen and oxygen atoms in total. The quantitative estimate of drug-likeness (QED) is 0.797. The number of hydrogen-bond acceptors (Lipinski definition) is 3. The van der Waals surface area contributed by atoms with E-state index in [1.54, 1.807) is 6.92 Å². The van der Waals surface area contributed by atoms with E-state index >= 15 is 0 Å². The SMILES string of the molecule is CCS(=O)(=O)c1ccc(C(N)=O)cc1. The van der Waals surface area contributed by atoms with Crippen LogP contribution in [0, 0.1) is 0 Å². The second kappa shape index (κ2) is 3.79. The van der Waals surface area contributed by atoms with Gasteiger partial charge in [0.05, 0.1) is 10.6 Å². The third kappa shape index (κ3) is 2.11. The first-order valence-corrected chi connectivity index (χ1v) is 5.75. The smallest absolute Gasteiger partial charge is 0.248 e. The van der Waals surface area contributed by atoms with Gasteiger partial charge in [-0.25, -0.2) is 8.42 Å². The van der Waals surface area contributed by atoms with Gasteiger partial charge in [0.15, 0.2) is 9.84 Å². The standard InChI is InChI=1S/C9H11NO3S/c1-2-14(12,13)8-5-3-7(4-6-8)9(10)11/h3-6H,2H2,1H3,(H2,10,11). The van der Waals surface area contributed by atoms with Gasteiger partial charge in [0, 0.05) is 5.56 Å². The minimum atomic E-state index is -3.19. The average molecular weight is 213 g/mol. The lowest BCUT2D eigenvalue weighted by Gasteiger charge is -2.01. The predicted molar refractivity (Wildman–Crippen MR) is 52.7 cm³/mol. The number of carbonyl (C=O) groups excluding carboxylic acids is 1. The van der Waals surface area contributed by atoms with E-state index in [0.717, 1.165) is 0 Å². The molecule has 0 unspecified atom stereocenters. The van der Waals surface area contributed by atoms with E-state index in [1.807, 2.05) is 0 Å². The maximum atomic E-state index is 11.4. The van der Waals surface area contributed by atoms with Crippen LogP contribution in [-0.2, 0) is 9.84 Å². The number of nitrogens with two attached hydrogens (primary N) is 1. The normalized spacial score (nSPS) is 11.2. The lowest BCUT2D eigenvalue weighted by molar-refractivity contribution is 0.1000. The topological polar surface area (TPSA) is 77.2 Å². The minimum Gasteiger partial charge on any atom is -0.366 e. The average Bonchev–Trinajstić information content (AvgIpc) is 2.18. The first-order chi connectivity index (χ1) is 6.47. The zero-order chi connectivity index (χ0) is 10.8. The number of primary amides is 1. The summed E-state index contributed by atoms with van der Waals surface area (Å²) in [6.45, 7) is 1.57. The molecule has 0 bridgehead atoms. The molecule has 0 aromatic heterocycles. The van der Waals surface area contributed by atoms with Gasteiger partial charge >= 0.3 is 0 Å². The van der Waals surface area contributed by atoms with Gasteiger partial charge in [0.25, 0.3) is 0 Å². The number of rotatable bonds is 3. The Labute approximate surface area is 82.7 Å². The van der Waals surface area contributed by atoms with Gasteiger partial charge in [-0.1, -0.05) is 6.92 Å². The largest absolute Gasteiger partial charge is 0.366 e. The predicted octanol–water partition coefficient (Wildman–Crippen LogP) is 0.579. The van der Waals surface area contributed by atoms with Crippen LogP contribution in [-0.4, -0.2) is 20.1 Å². The van der Waals surface area contributed by atoms with Crippen molar-refractivity contribution in [3.8, 4) is 0 Å². The summed E-state index contributed by atoms with van der Waals surface area (Å²) in [6.07, 6.45) is 0. The number of hydrogen-bond donors (Lipinski definition) is 1. The summed E-state index contributed by atoms with van der Waals surface area (Å²) in [7, 11) is -3.19. The molecule has 0 heterocycles. The van der Waals surface area contributed by atoms with Crippen molar-refractivity contribution >= 4 is 15.7 Å². The Morgan fingerprint density at radius 3 is 2.14 bits per heavy atom. The van der Waals surface area contributed by atoms with Crippen molar-refractivity contribution in [2.24, 2.45) is 5.73 Å². The van der Waals surface area contributed by atoms with Crippen LogP contribution in [0.25, 0.3) is 0 Å². The van der Waals surface area contributed by atoms with E-state index in [0.29, 0.717) is 5.56 Å². The minimum absolute atomic E-state index is 0.0446. The van der Waals surface area contributed by atoms with Crippen molar-refractivity contribution < 1.29 is 13.2 Å². The zero-order valence-corrected chi connectivity index (χ0v) is 8.54. The highest BCUT2D eigenvalue weighted by Crippen LogP contribution is 2.11. The number of carbonyl (C=O) groups is 1. The Morgan fingerprint density at radius 1 is 1.29 bits per heavy atom. The maximum Gasteiger partial charge on any atom is 0.248 e. The molecule has 0 atom stereocenters. The molecule has 0 radical (unpaired) electrons. The molecule has 0 aliphatic heterocycles. The van der Waals surface area contributed by atoms with Crippen molar-refractivity contribution in [2.75, 3.05) is 5.75 Å². The van der Waals surface area contributed by atoms with Crippen LogP contribution in [0.3, 0.4) is 0 Å². The summed E-state index contributed by atoms with van der Waals surface area (Å²) in [5, 5.41) is 0. The fourth-order valence-corrected chi connectivity index (χ4v) is 1.88. The zero-order valence-electron chi connectivity index (χ0n) is 7.73. The molecular formula is C9H11NO3S. The van der Waals surface area contributed by atoms with E-state index in [9.17, 15) is 13.2 Å². The summed E-state index contributed by atoms with van der Waals surface area (Å²) >= 11 is 0. The Hall–Kier alpha value is -1.36. The maximum absolute atomic E-state index is 11.4. The van der Waals surface area contributed by atoms with Crippen molar-refractivity contribution in [3.63, 3.8) is 0 Å². The Morgan fingerprint density at radius 2 is 1.79 bits per heavy atom. The number of benzene rings is 1. The Kier molecular flexibility index (Phi) is 2.90. The highest BCUT2D eigenvalue weighted by Gasteiger charge is 2.11. The fraction of sp³-hybridized carbons (Fsp3) is 0.222. The molecule has 0 aliphatic carbocycles. The monoisotopic (exact) mass is 213 g/mol. The van der Waals surface area contributed by atoms with Crippen LogP contribution in [0.15, 0.2) is 29.2 Å². The summed E-state index contributed by atoms with van der Waals surface area (Å²) in [5.74, 6) is -0.520. The van der Waals surface area contributed by atoms with Gasteiger partial charge in [-0.15, -0.1) is 0 Å². The van der Waals surface area contributed by atoms with Crippen molar-refractivity contribution in [1.82, 2.24) is 0 Å². The molecule has 2 N–H and O–H groups in total. The van der Waals surface area contributed by atoms with Crippen LogP contribution >= 0.6 is 0 Å². The van der Waals surface area contributed by atoms with Gasteiger partial charge < -0.3 is 5.73 Å². The Balaban J connectivity index is 3.12. The van der Waals surface area contributed by atoms with Crippen molar-refractivity contribution in [3.05, 3.63) is 29.8 Å². The first-order valence-electron chi connectivity index (χ1n) is 4.10. The lowest BCUT2D eigenvalue weighted by atomic mass is 10.2. The number of amides is 1.